The number of guanidine groups is 1. The molecule has 3 rings (SSSR count). The highest BCUT2D eigenvalue weighted by molar-refractivity contribution is 14.0. The average Bonchev–Trinajstić information content (AvgIpc) is 3.11. The van der Waals surface area contributed by atoms with Gasteiger partial charge in [0.05, 0.1) is 12.7 Å². The Morgan fingerprint density at radius 3 is 2.44 bits per heavy atom. The van der Waals surface area contributed by atoms with Gasteiger partial charge in [0.2, 0.25) is 0 Å². The summed E-state index contributed by atoms with van der Waals surface area (Å²) in [6.07, 6.45) is 14.9. The van der Waals surface area contributed by atoms with Crippen molar-refractivity contribution >= 4 is 29.9 Å². The summed E-state index contributed by atoms with van der Waals surface area (Å²) >= 11 is 0. The molecule has 0 spiro atoms. The number of rotatable bonds is 6. The Balaban J connectivity index is 0.00000261. The third-order valence-electron chi connectivity index (χ3n) is 6.02. The lowest BCUT2D eigenvalue weighted by molar-refractivity contribution is 0.0368. The summed E-state index contributed by atoms with van der Waals surface area (Å²) in [5.41, 5.74) is 1.53. The predicted molar refractivity (Wildman–Crippen MR) is 123 cm³/mol. The van der Waals surface area contributed by atoms with Crippen molar-refractivity contribution in [3.63, 3.8) is 0 Å². The van der Waals surface area contributed by atoms with Gasteiger partial charge in [0.25, 0.3) is 0 Å². The van der Waals surface area contributed by atoms with Crippen LogP contribution in [0.2, 0.25) is 0 Å². The molecule has 0 amide bonds. The van der Waals surface area contributed by atoms with E-state index in [0.717, 1.165) is 25.6 Å². The number of likely N-dealkylation sites (tertiary alicyclic amines) is 1. The lowest BCUT2D eigenvalue weighted by atomic mass is 9.79. The summed E-state index contributed by atoms with van der Waals surface area (Å²) in [7, 11) is 1.86. The van der Waals surface area contributed by atoms with Gasteiger partial charge in [-0.1, -0.05) is 25.7 Å². The summed E-state index contributed by atoms with van der Waals surface area (Å²) in [4.78, 5) is 7.21. The van der Waals surface area contributed by atoms with Crippen LogP contribution >= 0.6 is 24.0 Å². The lowest BCUT2D eigenvalue weighted by Crippen LogP contribution is -2.59. The zero-order chi connectivity index (χ0) is 18.2. The van der Waals surface area contributed by atoms with Crippen LogP contribution in [-0.4, -0.2) is 59.4 Å². The highest BCUT2D eigenvalue weighted by Crippen LogP contribution is 2.35. The van der Waals surface area contributed by atoms with E-state index in [4.69, 9.17) is 0 Å². The van der Waals surface area contributed by atoms with Gasteiger partial charge in [-0.2, -0.15) is 5.10 Å². The van der Waals surface area contributed by atoms with E-state index in [0.29, 0.717) is 5.54 Å². The molecule has 27 heavy (non-hydrogen) atoms. The maximum Gasteiger partial charge on any atom is 0.191 e. The van der Waals surface area contributed by atoms with Crippen molar-refractivity contribution in [2.45, 2.75) is 70.4 Å². The highest BCUT2D eigenvalue weighted by atomic mass is 127. The molecule has 2 heterocycles. The quantitative estimate of drug-likeness (QED) is 0.367. The number of nitrogens with zero attached hydrogens (tertiary/aromatic N) is 4. The second-order valence-electron chi connectivity index (χ2n) is 7.97. The molecule has 7 heteroatoms. The van der Waals surface area contributed by atoms with Gasteiger partial charge in [0.1, 0.15) is 0 Å². The first kappa shape index (κ1) is 22.5. The second-order valence-corrected chi connectivity index (χ2v) is 7.97. The highest BCUT2D eigenvalue weighted by Gasteiger charge is 2.38. The van der Waals surface area contributed by atoms with Gasteiger partial charge < -0.3 is 10.6 Å². The molecule has 0 unspecified atom stereocenters. The van der Waals surface area contributed by atoms with Crippen LogP contribution in [0.3, 0.4) is 0 Å². The largest absolute Gasteiger partial charge is 0.355 e. The van der Waals surface area contributed by atoms with Gasteiger partial charge in [-0.05, 0) is 51.3 Å². The molecule has 1 aliphatic carbocycles. The van der Waals surface area contributed by atoms with Crippen molar-refractivity contribution in [2.24, 2.45) is 4.99 Å². The predicted octanol–water partition coefficient (Wildman–Crippen LogP) is 3.16. The Hall–Kier alpha value is -0.830. The number of aliphatic imine (C=N–C) groups is 1. The normalized spacial score (nSPS) is 20.7. The summed E-state index contributed by atoms with van der Waals surface area (Å²) in [5, 5.41) is 11.4. The topological polar surface area (TPSA) is 57.5 Å². The zero-order valence-corrected chi connectivity index (χ0v) is 19.4. The summed E-state index contributed by atoms with van der Waals surface area (Å²) < 4.78 is 1.98. The molecule has 1 saturated heterocycles. The van der Waals surface area contributed by atoms with Crippen LogP contribution < -0.4 is 10.6 Å². The number of hydrogen-bond donors (Lipinski definition) is 2. The molecule has 2 aliphatic rings. The number of aryl methyl sites for hydroxylation is 1. The van der Waals surface area contributed by atoms with Gasteiger partial charge in [-0.25, -0.2) is 0 Å². The molecule has 1 aliphatic heterocycles. The van der Waals surface area contributed by atoms with Crippen molar-refractivity contribution in [3.05, 3.63) is 18.0 Å². The van der Waals surface area contributed by atoms with E-state index >= 15 is 0 Å². The van der Waals surface area contributed by atoms with Gasteiger partial charge in [0.15, 0.2) is 5.96 Å². The molecule has 1 saturated carbocycles. The summed E-state index contributed by atoms with van der Waals surface area (Å²) in [6, 6.07) is 0. The van der Waals surface area contributed by atoms with E-state index in [9.17, 15) is 0 Å². The minimum absolute atomic E-state index is 0. The minimum Gasteiger partial charge on any atom is -0.355 e. The van der Waals surface area contributed by atoms with E-state index in [-0.39, 0.29) is 24.0 Å². The third-order valence-corrected chi connectivity index (χ3v) is 6.02. The molecule has 0 bridgehead atoms. The first-order valence-electron chi connectivity index (χ1n) is 10.4. The number of hydrogen-bond acceptors (Lipinski definition) is 3. The molecule has 2 N–H and O–H groups in total. The van der Waals surface area contributed by atoms with Crippen LogP contribution in [0, 0.1) is 6.92 Å². The Morgan fingerprint density at radius 2 is 1.81 bits per heavy atom. The fourth-order valence-corrected chi connectivity index (χ4v) is 4.53. The zero-order valence-electron chi connectivity index (χ0n) is 17.0. The molecule has 0 atom stereocenters. The average molecular weight is 488 g/mol. The smallest absolute Gasteiger partial charge is 0.191 e. The van der Waals surface area contributed by atoms with Gasteiger partial charge >= 0.3 is 0 Å². The Labute approximate surface area is 181 Å². The first-order valence-corrected chi connectivity index (χ1v) is 10.4. The van der Waals surface area contributed by atoms with Crippen molar-refractivity contribution in [1.82, 2.24) is 25.3 Å². The molecule has 1 aromatic rings. The summed E-state index contributed by atoms with van der Waals surface area (Å²) in [5.74, 6) is 0.913. The van der Waals surface area contributed by atoms with E-state index in [2.05, 4.69) is 38.7 Å². The lowest BCUT2D eigenvalue weighted by Gasteiger charge is -2.48. The van der Waals surface area contributed by atoms with Crippen LogP contribution in [0.5, 0.6) is 0 Å². The first-order chi connectivity index (χ1) is 12.7. The van der Waals surface area contributed by atoms with Gasteiger partial charge in [0, 0.05) is 31.9 Å². The SMILES string of the molecule is CN=C(NCCn1cc(C)cn1)NCC1(N2CCCCC2)CCCCC1.I. The van der Waals surface area contributed by atoms with Crippen LogP contribution in [0.4, 0.5) is 0 Å². The van der Waals surface area contributed by atoms with Gasteiger partial charge in [-0.15, -0.1) is 24.0 Å². The number of nitrogens with one attached hydrogen (secondary N) is 2. The third kappa shape index (κ3) is 6.34. The van der Waals surface area contributed by atoms with Crippen molar-refractivity contribution in [1.29, 1.82) is 0 Å². The maximum atomic E-state index is 4.43. The van der Waals surface area contributed by atoms with Crippen LogP contribution in [0.25, 0.3) is 0 Å². The Bertz CT molecular complexity index is 573. The van der Waals surface area contributed by atoms with E-state index in [1.165, 1.54) is 70.0 Å². The fraction of sp³-hybridized carbons (Fsp3) is 0.800. The molecular formula is C20H37IN6. The van der Waals surface area contributed by atoms with E-state index in [1.807, 2.05) is 17.9 Å². The van der Waals surface area contributed by atoms with Crippen molar-refractivity contribution in [2.75, 3.05) is 33.2 Å². The van der Waals surface area contributed by atoms with Crippen LogP contribution in [0.15, 0.2) is 17.4 Å². The van der Waals surface area contributed by atoms with Crippen LogP contribution in [0.1, 0.15) is 56.9 Å². The fourth-order valence-electron chi connectivity index (χ4n) is 4.53. The molecule has 0 radical (unpaired) electrons. The van der Waals surface area contributed by atoms with Crippen molar-refractivity contribution in [3.8, 4) is 0 Å². The Kier molecular flexibility index (Phi) is 9.35. The van der Waals surface area contributed by atoms with Crippen molar-refractivity contribution < 1.29 is 0 Å². The van der Waals surface area contributed by atoms with Crippen LogP contribution in [-0.2, 0) is 6.54 Å². The molecule has 1 aromatic heterocycles. The second kappa shape index (κ2) is 11.2. The standard InChI is InChI=1S/C20H36N6.HI/c1-18-15-24-26(16-18)14-11-22-19(21-2)23-17-20(9-5-3-6-10-20)25-12-7-4-8-13-25;/h15-16H,3-14,17H2,1-2H3,(H2,21,22,23);1H. The van der Waals surface area contributed by atoms with E-state index < -0.39 is 0 Å². The maximum absolute atomic E-state index is 4.43. The number of piperidine rings is 1. The summed E-state index contributed by atoms with van der Waals surface area (Å²) in [6.45, 7) is 7.30. The molecule has 2 fully saturated rings. The Morgan fingerprint density at radius 1 is 1.11 bits per heavy atom. The monoisotopic (exact) mass is 488 g/mol. The molecule has 6 nitrogen and oxygen atoms in total. The number of aromatic nitrogens is 2. The van der Waals surface area contributed by atoms with Gasteiger partial charge in [-0.3, -0.25) is 14.6 Å². The molecular weight excluding hydrogens is 451 g/mol. The molecule has 0 aromatic carbocycles. The molecule has 154 valence electrons. The number of halogens is 1. The van der Waals surface area contributed by atoms with E-state index in [1.54, 1.807) is 0 Å². The minimum atomic E-state index is 0.